The van der Waals surface area contributed by atoms with Crippen molar-refractivity contribution in [3.63, 3.8) is 0 Å². The van der Waals surface area contributed by atoms with Crippen LogP contribution in [0.3, 0.4) is 0 Å². The molecule has 4 heteroatoms. The van der Waals surface area contributed by atoms with Crippen LogP contribution in [-0.2, 0) is 0 Å². The van der Waals surface area contributed by atoms with E-state index in [1.165, 1.54) is 6.42 Å². The standard InChI is InChI=1S/C13H16N2O2/c16-6-10-1-2-11(5-12(10)17)15-8-13(9-15)3-4-14-7-13/h1-2,5-6,14,17H,3-4,7-9H2. The second-order valence-corrected chi connectivity index (χ2v) is 5.14. The lowest BCUT2D eigenvalue weighted by Crippen LogP contribution is -2.57. The van der Waals surface area contributed by atoms with Gasteiger partial charge in [0.1, 0.15) is 5.75 Å². The van der Waals surface area contributed by atoms with Crippen molar-refractivity contribution in [2.24, 2.45) is 5.41 Å². The topological polar surface area (TPSA) is 52.6 Å². The third-order valence-electron chi connectivity index (χ3n) is 3.89. The van der Waals surface area contributed by atoms with E-state index in [9.17, 15) is 9.90 Å². The van der Waals surface area contributed by atoms with E-state index in [1.807, 2.05) is 6.07 Å². The van der Waals surface area contributed by atoms with E-state index < -0.39 is 0 Å². The summed E-state index contributed by atoms with van der Waals surface area (Å²) in [6, 6.07) is 5.26. The third kappa shape index (κ3) is 1.69. The minimum atomic E-state index is 0.0722. The molecule has 17 heavy (non-hydrogen) atoms. The first-order valence-corrected chi connectivity index (χ1v) is 5.96. The summed E-state index contributed by atoms with van der Waals surface area (Å²) in [6.07, 6.45) is 1.92. The van der Waals surface area contributed by atoms with Crippen LogP contribution in [-0.4, -0.2) is 37.6 Å². The molecule has 0 aromatic heterocycles. The summed E-state index contributed by atoms with van der Waals surface area (Å²) < 4.78 is 0. The summed E-state index contributed by atoms with van der Waals surface area (Å²) in [4.78, 5) is 12.9. The molecule has 2 aliphatic heterocycles. The third-order valence-corrected chi connectivity index (χ3v) is 3.89. The Morgan fingerprint density at radius 1 is 1.41 bits per heavy atom. The van der Waals surface area contributed by atoms with E-state index in [1.54, 1.807) is 12.1 Å². The molecule has 0 saturated carbocycles. The SMILES string of the molecule is O=Cc1ccc(N2CC3(CCNC3)C2)cc1O. The first-order valence-electron chi connectivity index (χ1n) is 5.96. The Bertz CT molecular complexity index is 445. The Kier molecular flexibility index (Phi) is 2.33. The second-order valence-electron chi connectivity index (χ2n) is 5.14. The van der Waals surface area contributed by atoms with Crippen LogP contribution >= 0.6 is 0 Å². The van der Waals surface area contributed by atoms with Gasteiger partial charge >= 0.3 is 0 Å². The smallest absolute Gasteiger partial charge is 0.153 e. The molecule has 2 fully saturated rings. The molecule has 1 aromatic carbocycles. The molecule has 0 atom stereocenters. The van der Waals surface area contributed by atoms with Crippen molar-refractivity contribution >= 4 is 12.0 Å². The summed E-state index contributed by atoms with van der Waals surface area (Å²) in [7, 11) is 0. The van der Waals surface area contributed by atoms with Gasteiger partial charge in [-0.3, -0.25) is 4.79 Å². The molecule has 0 radical (unpaired) electrons. The highest BCUT2D eigenvalue weighted by Crippen LogP contribution is 2.39. The lowest BCUT2D eigenvalue weighted by atomic mass is 9.79. The van der Waals surface area contributed by atoms with Crippen LogP contribution in [0.1, 0.15) is 16.8 Å². The molecular formula is C13H16N2O2. The molecule has 0 bridgehead atoms. The van der Waals surface area contributed by atoms with Crippen LogP contribution in [0.25, 0.3) is 0 Å². The zero-order chi connectivity index (χ0) is 11.9. The predicted molar refractivity (Wildman–Crippen MR) is 65.6 cm³/mol. The van der Waals surface area contributed by atoms with Crippen LogP contribution in [0, 0.1) is 5.41 Å². The summed E-state index contributed by atoms with van der Waals surface area (Å²) in [5.41, 5.74) is 1.80. The maximum atomic E-state index is 10.6. The first kappa shape index (κ1) is 10.6. The number of aromatic hydroxyl groups is 1. The Hall–Kier alpha value is -1.55. The van der Waals surface area contributed by atoms with Crippen LogP contribution in [0.4, 0.5) is 5.69 Å². The van der Waals surface area contributed by atoms with Crippen molar-refractivity contribution in [3.8, 4) is 5.75 Å². The molecule has 1 spiro atoms. The number of phenolic OH excluding ortho intramolecular Hbond substituents is 1. The van der Waals surface area contributed by atoms with Gasteiger partial charge in [0.15, 0.2) is 6.29 Å². The van der Waals surface area contributed by atoms with E-state index in [0.717, 1.165) is 31.9 Å². The van der Waals surface area contributed by atoms with Crippen molar-refractivity contribution in [2.75, 3.05) is 31.1 Å². The molecule has 0 amide bonds. The lowest BCUT2D eigenvalue weighted by molar-refractivity contribution is 0.112. The first-order chi connectivity index (χ1) is 8.22. The number of hydrogen-bond donors (Lipinski definition) is 2. The molecule has 0 unspecified atom stereocenters. The Labute approximate surface area is 100 Å². The molecule has 3 rings (SSSR count). The number of nitrogens with zero attached hydrogens (tertiary/aromatic N) is 1. The number of anilines is 1. The maximum Gasteiger partial charge on any atom is 0.153 e. The molecule has 4 nitrogen and oxygen atoms in total. The summed E-state index contributed by atoms with van der Waals surface area (Å²) >= 11 is 0. The summed E-state index contributed by atoms with van der Waals surface area (Å²) in [5.74, 6) is 0.0722. The average Bonchev–Trinajstić information content (AvgIpc) is 2.76. The number of phenols is 1. The van der Waals surface area contributed by atoms with Crippen LogP contribution in [0.2, 0.25) is 0 Å². The molecule has 0 aliphatic carbocycles. The molecule has 2 N–H and O–H groups in total. The van der Waals surface area contributed by atoms with E-state index >= 15 is 0 Å². The summed E-state index contributed by atoms with van der Waals surface area (Å²) in [6.45, 7) is 4.30. The quantitative estimate of drug-likeness (QED) is 0.747. The lowest BCUT2D eigenvalue weighted by Gasteiger charge is -2.49. The highest BCUT2D eigenvalue weighted by Gasteiger charge is 2.44. The van der Waals surface area contributed by atoms with E-state index in [0.29, 0.717) is 17.3 Å². The zero-order valence-electron chi connectivity index (χ0n) is 9.65. The number of benzene rings is 1. The minimum absolute atomic E-state index is 0.0722. The molecule has 1 aromatic rings. The Balaban J connectivity index is 1.74. The van der Waals surface area contributed by atoms with Gasteiger partial charge in [-0.2, -0.15) is 0 Å². The largest absolute Gasteiger partial charge is 0.507 e. The number of nitrogens with one attached hydrogen (secondary N) is 1. The fourth-order valence-corrected chi connectivity index (χ4v) is 2.84. The van der Waals surface area contributed by atoms with Gasteiger partial charge in [0, 0.05) is 36.8 Å². The Morgan fingerprint density at radius 2 is 2.24 bits per heavy atom. The molecule has 2 aliphatic rings. The number of aldehydes is 1. The van der Waals surface area contributed by atoms with Gasteiger partial charge in [0.2, 0.25) is 0 Å². The number of carbonyl (C=O) groups is 1. The van der Waals surface area contributed by atoms with Crippen molar-refractivity contribution in [3.05, 3.63) is 23.8 Å². The number of hydrogen-bond acceptors (Lipinski definition) is 4. The number of carbonyl (C=O) groups excluding carboxylic acids is 1. The predicted octanol–water partition coefficient (Wildman–Crippen LogP) is 1.00. The fourth-order valence-electron chi connectivity index (χ4n) is 2.84. The highest BCUT2D eigenvalue weighted by molar-refractivity contribution is 5.80. The summed E-state index contributed by atoms with van der Waals surface area (Å²) in [5, 5.41) is 13.0. The Morgan fingerprint density at radius 3 is 2.82 bits per heavy atom. The van der Waals surface area contributed by atoms with Crippen LogP contribution in [0.5, 0.6) is 5.75 Å². The number of rotatable bonds is 2. The normalized spacial score (nSPS) is 21.5. The van der Waals surface area contributed by atoms with Crippen molar-refractivity contribution in [2.45, 2.75) is 6.42 Å². The van der Waals surface area contributed by atoms with Crippen LogP contribution in [0.15, 0.2) is 18.2 Å². The monoisotopic (exact) mass is 232 g/mol. The van der Waals surface area contributed by atoms with E-state index in [4.69, 9.17) is 0 Å². The fraction of sp³-hybridized carbons (Fsp3) is 0.462. The van der Waals surface area contributed by atoms with E-state index in [-0.39, 0.29) is 5.75 Å². The maximum absolute atomic E-state index is 10.6. The van der Waals surface area contributed by atoms with Gasteiger partial charge in [0.25, 0.3) is 0 Å². The van der Waals surface area contributed by atoms with Gasteiger partial charge in [-0.05, 0) is 25.1 Å². The van der Waals surface area contributed by atoms with Gasteiger partial charge in [-0.15, -0.1) is 0 Å². The molecule has 2 saturated heterocycles. The van der Waals surface area contributed by atoms with E-state index in [2.05, 4.69) is 10.2 Å². The van der Waals surface area contributed by atoms with Gasteiger partial charge in [-0.1, -0.05) is 0 Å². The molecule has 90 valence electrons. The zero-order valence-corrected chi connectivity index (χ0v) is 9.65. The second kappa shape index (κ2) is 3.74. The minimum Gasteiger partial charge on any atom is -0.507 e. The van der Waals surface area contributed by atoms with Gasteiger partial charge < -0.3 is 15.3 Å². The van der Waals surface area contributed by atoms with Crippen molar-refractivity contribution < 1.29 is 9.90 Å². The van der Waals surface area contributed by atoms with Gasteiger partial charge in [-0.25, -0.2) is 0 Å². The van der Waals surface area contributed by atoms with Crippen LogP contribution < -0.4 is 10.2 Å². The average molecular weight is 232 g/mol. The van der Waals surface area contributed by atoms with Crippen molar-refractivity contribution in [1.82, 2.24) is 5.32 Å². The highest BCUT2D eigenvalue weighted by atomic mass is 16.3. The molecular weight excluding hydrogens is 216 g/mol. The van der Waals surface area contributed by atoms with Crippen molar-refractivity contribution in [1.29, 1.82) is 0 Å². The molecule has 2 heterocycles. The van der Waals surface area contributed by atoms with Gasteiger partial charge in [0.05, 0.1) is 5.56 Å².